The minimum atomic E-state index is -0.761. The van der Waals surface area contributed by atoms with Crippen molar-refractivity contribution in [1.29, 1.82) is 0 Å². The molecule has 0 fully saturated rings. The summed E-state index contributed by atoms with van der Waals surface area (Å²) in [6.45, 7) is 3.55. The van der Waals surface area contributed by atoms with Gasteiger partial charge in [0.05, 0.1) is 5.56 Å². The molecular weight excluding hydrogens is 529 g/mol. The van der Waals surface area contributed by atoms with Crippen molar-refractivity contribution in [3.05, 3.63) is 78.8 Å². The quantitative estimate of drug-likeness (QED) is 0.280. The molecule has 2 aromatic carbocycles. The van der Waals surface area contributed by atoms with E-state index in [1.165, 1.54) is 15.2 Å². The third kappa shape index (κ3) is 5.12. The molecule has 0 aliphatic carbocycles. The fourth-order valence-electron chi connectivity index (χ4n) is 3.52. The van der Waals surface area contributed by atoms with Crippen LogP contribution in [-0.2, 0) is 24.1 Å². The minimum absolute atomic E-state index is 0.0357. The van der Waals surface area contributed by atoms with Crippen molar-refractivity contribution in [2.45, 2.75) is 33.2 Å². The highest BCUT2D eigenvalue weighted by molar-refractivity contribution is 14.2. The number of benzene rings is 2. The van der Waals surface area contributed by atoms with E-state index >= 15 is 0 Å². The first-order valence-electron chi connectivity index (χ1n) is 10.1. The summed E-state index contributed by atoms with van der Waals surface area (Å²) in [7, 11) is 1.38. The summed E-state index contributed by atoms with van der Waals surface area (Å²) in [5.74, 6) is -1.79. The molecule has 0 N–H and O–H groups in total. The number of aryl methyl sites for hydroxylation is 2. The van der Waals surface area contributed by atoms with Gasteiger partial charge in [-0.25, -0.2) is 13.8 Å². The fraction of sp³-hybridized carbons (Fsp3) is 0.292. The number of methoxy groups -OCH3 is 1. The van der Waals surface area contributed by atoms with Crippen LogP contribution in [-0.4, -0.2) is 28.0 Å². The van der Waals surface area contributed by atoms with Crippen molar-refractivity contribution in [3.63, 3.8) is 0 Å². The van der Waals surface area contributed by atoms with Gasteiger partial charge in [-0.3, -0.25) is 9.36 Å². The van der Waals surface area contributed by atoms with Gasteiger partial charge in [0.15, 0.2) is 18.4 Å². The second-order valence-corrected chi connectivity index (χ2v) is 9.12. The molecule has 32 heavy (non-hydrogen) atoms. The maximum absolute atomic E-state index is 15.0. The Hall–Kier alpha value is -2.46. The SMILES string of the molecule is C=Ic1cccc(CCn2c(-c3c(F)ccc(F)c3OCOC)nc(C)c(CC)c2=O)c1. The number of ether oxygens (including phenoxy) is 2. The molecule has 0 saturated heterocycles. The molecule has 3 rings (SSSR count). The standard InChI is InChI=1S/C24H25F2IN2O3/c1-5-18-15(2)28-23(21-19(25)9-10-20(26)22(21)32-14-31-4)29(24(18)30)12-11-16-7-6-8-17(13-16)27-3/h6-10,13H,3,5,11-12,14H2,1-2,4H3. The maximum atomic E-state index is 15.0. The van der Waals surface area contributed by atoms with Gasteiger partial charge in [-0.05, 0) is 49.6 Å². The summed E-state index contributed by atoms with van der Waals surface area (Å²) in [4.78, 5) is 17.8. The molecule has 1 heterocycles. The summed E-state index contributed by atoms with van der Waals surface area (Å²) >= 11 is -0.306. The first-order valence-corrected chi connectivity index (χ1v) is 12.7. The molecule has 0 amide bonds. The highest BCUT2D eigenvalue weighted by Crippen LogP contribution is 2.34. The van der Waals surface area contributed by atoms with Crippen LogP contribution in [0.15, 0.2) is 41.2 Å². The van der Waals surface area contributed by atoms with Crippen LogP contribution in [0.4, 0.5) is 8.78 Å². The van der Waals surface area contributed by atoms with Crippen molar-refractivity contribution in [3.8, 4) is 17.1 Å². The Morgan fingerprint density at radius 3 is 2.62 bits per heavy atom. The van der Waals surface area contributed by atoms with Crippen LogP contribution >= 0.6 is 20.7 Å². The number of aromatic nitrogens is 2. The molecule has 0 unspecified atom stereocenters. The van der Waals surface area contributed by atoms with E-state index in [9.17, 15) is 13.6 Å². The average molecular weight is 554 g/mol. The number of hydrogen-bond acceptors (Lipinski definition) is 4. The second kappa shape index (κ2) is 10.9. The summed E-state index contributed by atoms with van der Waals surface area (Å²) in [6.07, 6.45) is 1.02. The molecule has 170 valence electrons. The highest BCUT2D eigenvalue weighted by Gasteiger charge is 2.24. The van der Waals surface area contributed by atoms with E-state index < -0.39 is 11.6 Å². The van der Waals surface area contributed by atoms with Crippen LogP contribution in [0.3, 0.4) is 0 Å². The lowest BCUT2D eigenvalue weighted by molar-refractivity contribution is 0.0484. The van der Waals surface area contributed by atoms with Crippen LogP contribution in [0.2, 0.25) is 0 Å². The van der Waals surface area contributed by atoms with Crippen molar-refractivity contribution in [1.82, 2.24) is 9.55 Å². The Kier molecular flexibility index (Phi) is 8.25. The molecule has 0 aliphatic rings. The van der Waals surface area contributed by atoms with Gasteiger partial charge in [-0.2, -0.15) is 0 Å². The van der Waals surface area contributed by atoms with Gasteiger partial charge < -0.3 is 9.47 Å². The predicted molar refractivity (Wildman–Crippen MR) is 130 cm³/mol. The zero-order chi connectivity index (χ0) is 23.3. The zero-order valence-electron chi connectivity index (χ0n) is 18.3. The van der Waals surface area contributed by atoms with E-state index in [0.717, 1.165) is 17.7 Å². The summed E-state index contributed by atoms with van der Waals surface area (Å²) in [5, 5.41) is 0. The average Bonchev–Trinajstić information content (AvgIpc) is 2.79. The van der Waals surface area contributed by atoms with Gasteiger partial charge in [0.1, 0.15) is 11.6 Å². The van der Waals surface area contributed by atoms with E-state index in [4.69, 9.17) is 9.47 Å². The van der Waals surface area contributed by atoms with Crippen LogP contribution in [0.25, 0.3) is 11.4 Å². The molecule has 0 atom stereocenters. The van der Waals surface area contributed by atoms with E-state index in [2.05, 4.69) is 15.6 Å². The van der Waals surface area contributed by atoms with Gasteiger partial charge in [-0.1, -0.05) is 44.3 Å². The number of nitrogens with zero attached hydrogens (tertiary/aromatic N) is 2. The topological polar surface area (TPSA) is 53.4 Å². The Morgan fingerprint density at radius 2 is 1.94 bits per heavy atom. The Balaban J connectivity index is 2.17. The molecule has 0 bridgehead atoms. The van der Waals surface area contributed by atoms with Crippen LogP contribution in [0.1, 0.15) is 23.7 Å². The number of hydrogen-bond donors (Lipinski definition) is 0. The normalized spacial score (nSPS) is 11.0. The van der Waals surface area contributed by atoms with Gasteiger partial charge in [0.25, 0.3) is 5.56 Å². The van der Waals surface area contributed by atoms with Crippen molar-refractivity contribution in [2.24, 2.45) is 0 Å². The molecule has 3 aromatic rings. The smallest absolute Gasteiger partial charge is 0.257 e. The first-order chi connectivity index (χ1) is 15.4. The first kappa shape index (κ1) is 24.2. The Labute approximate surface area is 195 Å². The van der Waals surface area contributed by atoms with E-state index in [1.54, 1.807) is 6.92 Å². The van der Waals surface area contributed by atoms with Crippen molar-refractivity contribution >= 4 is 25.2 Å². The molecule has 5 nitrogen and oxygen atoms in total. The van der Waals surface area contributed by atoms with Crippen molar-refractivity contribution < 1.29 is 18.3 Å². The van der Waals surface area contributed by atoms with Gasteiger partial charge in [-0.15, -0.1) is 0 Å². The molecule has 0 saturated carbocycles. The number of rotatable bonds is 9. The monoisotopic (exact) mass is 554 g/mol. The maximum Gasteiger partial charge on any atom is 0.257 e. The molecular formula is C24H25F2IN2O3. The van der Waals surface area contributed by atoms with Gasteiger partial charge >= 0.3 is 0 Å². The molecule has 1 aromatic heterocycles. The molecule has 0 radical (unpaired) electrons. The Morgan fingerprint density at radius 1 is 1.19 bits per heavy atom. The van der Waals surface area contributed by atoms with Crippen LogP contribution in [0, 0.1) is 22.1 Å². The lowest BCUT2D eigenvalue weighted by Crippen LogP contribution is -2.29. The molecule has 0 spiro atoms. The van der Waals surface area contributed by atoms with Gasteiger partial charge in [0.2, 0.25) is 0 Å². The number of halogens is 3. The fourth-order valence-corrected chi connectivity index (χ4v) is 4.60. The van der Waals surface area contributed by atoms with E-state index in [1.807, 2.05) is 25.1 Å². The lowest BCUT2D eigenvalue weighted by Gasteiger charge is -2.19. The Bertz CT molecular complexity index is 1190. The van der Waals surface area contributed by atoms with Gasteiger partial charge in [0, 0.05) is 28.5 Å². The minimum Gasteiger partial charge on any atom is -0.464 e. The third-order valence-electron chi connectivity index (χ3n) is 5.09. The summed E-state index contributed by atoms with van der Waals surface area (Å²) < 4.78 is 46.4. The summed E-state index contributed by atoms with van der Waals surface area (Å²) in [6, 6.07) is 10.0. The highest BCUT2D eigenvalue weighted by atomic mass is 127. The van der Waals surface area contributed by atoms with E-state index in [-0.39, 0.29) is 56.8 Å². The molecule has 8 heteroatoms. The zero-order valence-corrected chi connectivity index (χ0v) is 20.4. The second-order valence-electron chi connectivity index (χ2n) is 7.11. The predicted octanol–water partition coefficient (Wildman–Crippen LogP) is 4.86. The molecule has 0 aliphatic heterocycles. The van der Waals surface area contributed by atoms with Crippen molar-refractivity contribution in [2.75, 3.05) is 13.9 Å². The largest absolute Gasteiger partial charge is 0.464 e. The summed E-state index contributed by atoms with van der Waals surface area (Å²) in [5.41, 5.74) is 1.61. The third-order valence-corrected chi connectivity index (χ3v) is 6.65. The van der Waals surface area contributed by atoms with Crippen LogP contribution in [0.5, 0.6) is 5.75 Å². The van der Waals surface area contributed by atoms with E-state index in [0.29, 0.717) is 24.1 Å². The van der Waals surface area contributed by atoms with Crippen LogP contribution < -0.4 is 10.3 Å². The lowest BCUT2D eigenvalue weighted by atomic mass is 10.1.